The summed E-state index contributed by atoms with van der Waals surface area (Å²) in [4.78, 5) is 7.90. The molecule has 0 saturated carbocycles. The lowest BCUT2D eigenvalue weighted by Gasteiger charge is -2.00. The van der Waals surface area contributed by atoms with E-state index in [-0.39, 0.29) is 0 Å². The number of hydrogen-bond donors (Lipinski definition) is 1. The first-order chi connectivity index (χ1) is 9.74. The van der Waals surface area contributed by atoms with Gasteiger partial charge in [0.1, 0.15) is 5.75 Å². The zero-order chi connectivity index (χ0) is 13.9. The van der Waals surface area contributed by atoms with Gasteiger partial charge in [0, 0.05) is 11.8 Å². The van der Waals surface area contributed by atoms with E-state index in [1.807, 2.05) is 18.2 Å². The summed E-state index contributed by atoms with van der Waals surface area (Å²) >= 11 is 1.71. The zero-order valence-corrected chi connectivity index (χ0v) is 12.3. The van der Waals surface area contributed by atoms with E-state index in [4.69, 9.17) is 4.74 Å². The van der Waals surface area contributed by atoms with E-state index in [0.717, 1.165) is 27.7 Å². The summed E-state index contributed by atoms with van der Waals surface area (Å²) in [5.74, 6) is 1.76. The number of fused-ring (bicyclic) bond motifs is 1. The highest BCUT2D eigenvalue weighted by Gasteiger charge is 2.05. The van der Waals surface area contributed by atoms with Crippen LogP contribution in [0, 0.1) is 6.92 Å². The minimum atomic E-state index is 0.844. The molecule has 2 aromatic carbocycles. The van der Waals surface area contributed by atoms with Gasteiger partial charge in [0.25, 0.3) is 0 Å². The molecule has 4 heteroatoms. The number of aromatic nitrogens is 2. The molecule has 0 fully saturated rings. The van der Waals surface area contributed by atoms with Crippen molar-refractivity contribution in [2.45, 2.75) is 17.8 Å². The largest absolute Gasteiger partial charge is 0.497 e. The molecule has 3 nitrogen and oxygen atoms in total. The minimum Gasteiger partial charge on any atom is -0.497 e. The number of rotatable bonds is 4. The first-order valence-corrected chi connectivity index (χ1v) is 7.45. The monoisotopic (exact) mass is 284 g/mol. The van der Waals surface area contributed by atoms with Crippen LogP contribution in [-0.4, -0.2) is 17.1 Å². The second-order valence-corrected chi connectivity index (χ2v) is 5.67. The van der Waals surface area contributed by atoms with Crippen molar-refractivity contribution in [1.29, 1.82) is 0 Å². The molecule has 0 radical (unpaired) electrons. The molecular weight excluding hydrogens is 268 g/mol. The maximum absolute atomic E-state index is 5.22. The predicted molar refractivity (Wildman–Crippen MR) is 83.4 cm³/mol. The number of aryl methyl sites for hydroxylation is 1. The number of thioether (sulfide) groups is 1. The van der Waals surface area contributed by atoms with Crippen molar-refractivity contribution in [2.24, 2.45) is 0 Å². The summed E-state index contributed by atoms with van der Waals surface area (Å²) in [7, 11) is 1.67. The Labute approximate surface area is 122 Å². The van der Waals surface area contributed by atoms with Crippen LogP contribution >= 0.6 is 11.8 Å². The number of nitrogens with zero attached hydrogens (tertiary/aromatic N) is 1. The third-order valence-corrected chi connectivity index (χ3v) is 4.07. The van der Waals surface area contributed by atoms with E-state index in [2.05, 4.69) is 41.2 Å². The fourth-order valence-electron chi connectivity index (χ4n) is 2.11. The quantitative estimate of drug-likeness (QED) is 0.731. The van der Waals surface area contributed by atoms with Gasteiger partial charge in [0.05, 0.1) is 18.1 Å². The number of aromatic amines is 1. The number of H-pyrrole nitrogens is 1. The Kier molecular flexibility index (Phi) is 3.65. The van der Waals surface area contributed by atoms with Crippen molar-refractivity contribution in [3.8, 4) is 5.75 Å². The molecule has 0 unspecified atom stereocenters. The molecule has 20 heavy (non-hydrogen) atoms. The van der Waals surface area contributed by atoms with Crippen LogP contribution in [0.15, 0.2) is 47.6 Å². The molecule has 0 spiro atoms. The molecule has 1 heterocycles. The van der Waals surface area contributed by atoms with Crippen LogP contribution in [-0.2, 0) is 5.75 Å². The van der Waals surface area contributed by atoms with Crippen LogP contribution in [0.1, 0.15) is 11.1 Å². The molecule has 3 aromatic rings. The Hall–Kier alpha value is -1.94. The maximum Gasteiger partial charge on any atom is 0.166 e. The Bertz CT molecular complexity index is 736. The van der Waals surface area contributed by atoms with Crippen LogP contribution < -0.4 is 4.74 Å². The Balaban J connectivity index is 1.77. The van der Waals surface area contributed by atoms with Gasteiger partial charge in [-0.3, -0.25) is 0 Å². The molecule has 0 amide bonds. The Morgan fingerprint density at radius 3 is 2.90 bits per heavy atom. The van der Waals surface area contributed by atoms with Crippen LogP contribution in [0.5, 0.6) is 5.75 Å². The molecule has 0 saturated heterocycles. The molecule has 1 aromatic heterocycles. The fourth-order valence-corrected chi connectivity index (χ4v) is 2.94. The first kappa shape index (κ1) is 13.1. The summed E-state index contributed by atoms with van der Waals surface area (Å²) in [5.41, 5.74) is 4.58. The van der Waals surface area contributed by atoms with Gasteiger partial charge in [-0.05, 0) is 24.6 Å². The molecule has 0 bridgehead atoms. The average Bonchev–Trinajstić information content (AvgIpc) is 2.87. The highest BCUT2D eigenvalue weighted by atomic mass is 32.2. The molecule has 3 rings (SSSR count). The van der Waals surface area contributed by atoms with E-state index in [0.29, 0.717) is 0 Å². The van der Waals surface area contributed by atoms with Crippen molar-refractivity contribution in [3.63, 3.8) is 0 Å². The lowest BCUT2D eigenvalue weighted by molar-refractivity contribution is 0.415. The van der Waals surface area contributed by atoms with E-state index in [1.54, 1.807) is 18.9 Å². The van der Waals surface area contributed by atoms with Crippen molar-refractivity contribution < 1.29 is 4.74 Å². The minimum absolute atomic E-state index is 0.844. The molecule has 0 aliphatic carbocycles. The first-order valence-electron chi connectivity index (χ1n) is 6.47. The van der Waals surface area contributed by atoms with Crippen molar-refractivity contribution >= 4 is 22.8 Å². The average molecular weight is 284 g/mol. The van der Waals surface area contributed by atoms with Crippen molar-refractivity contribution in [2.75, 3.05) is 7.11 Å². The molecule has 102 valence electrons. The van der Waals surface area contributed by atoms with Gasteiger partial charge >= 0.3 is 0 Å². The van der Waals surface area contributed by atoms with Gasteiger partial charge in [-0.15, -0.1) is 0 Å². The second kappa shape index (κ2) is 5.59. The van der Waals surface area contributed by atoms with E-state index < -0.39 is 0 Å². The molecule has 0 atom stereocenters. The van der Waals surface area contributed by atoms with Gasteiger partial charge in [0.15, 0.2) is 5.16 Å². The summed E-state index contributed by atoms with van der Waals surface area (Å²) in [6, 6.07) is 14.4. The van der Waals surface area contributed by atoms with Crippen molar-refractivity contribution in [1.82, 2.24) is 9.97 Å². The van der Waals surface area contributed by atoms with Gasteiger partial charge in [-0.25, -0.2) is 4.98 Å². The lowest BCUT2D eigenvalue weighted by atomic mass is 10.2. The highest BCUT2D eigenvalue weighted by Crippen LogP contribution is 2.25. The van der Waals surface area contributed by atoms with Crippen LogP contribution in [0.3, 0.4) is 0 Å². The summed E-state index contributed by atoms with van der Waals surface area (Å²) in [6.07, 6.45) is 0. The smallest absolute Gasteiger partial charge is 0.166 e. The SMILES string of the molecule is COc1ccc2nc(SCc3cccc(C)c3)[nH]c2c1. The van der Waals surface area contributed by atoms with Crippen LogP contribution in [0.2, 0.25) is 0 Å². The number of methoxy groups -OCH3 is 1. The van der Waals surface area contributed by atoms with Crippen molar-refractivity contribution in [3.05, 3.63) is 53.6 Å². The summed E-state index contributed by atoms with van der Waals surface area (Å²) in [6.45, 7) is 2.11. The van der Waals surface area contributed by atoms with Gasteiger partial charge in [-0.2, -0.15) is 0 Å². The lowest BCUT2D eigenvalue weighted by Crippen LogP contribution is -1.82. The second-order valence-electron chi connectivity index (χ2n) is 4.70. The number of ether oxygens (including phenoxy) is 1. The maximum atomic E-state index is 5.22. The number of benzene rings is 2. The number of nitrogens with one attached hydrogen (secondary N) is 1. The van der Waals surface area contributed by atoms with E-state index in [9.17, 15) is 0 Å². The Morgan fingerprint density at radius 2 is 2.10 bits per heavy atom. The standard InChI is InChI=1S/C16H16N2OS/c1-11-4-3-5-12(8-11)10-20-16-17-14-7-6-13(19-2)9-15(14)18-16/h3-9H,10H2,1-2H3,(H,17,18). The number of hydrogen-bond acceptors (Lipinski definition) is 3. The number of imidazole rings is 1. The van der Waals surface area contributed by atoms with Crippen LogP contribution in [0.4, 0.5) is 0 Å². The normalized spacial score (nSPS) is 10.9. The molecule has 1 N–H and O–H groups in total. The predicted octanol–water partition coefficient (Wildman–Crippen LogP) is 4.17. The highest BCUT2D eigenvalue weighted by molar-refractivity contribution is 7.98. The van der Waals surface area contributed by atoms with Gasteiger partial charge < -0.3 is 9.72 Å². The molecular formula is C16H16N2OS. The van der Waals surface area contributed by atoms with E-state index >= 15 is 0 Å². The van der Waals surface area contributed by atoms with E-state index in [1.165, 1.54) is 11.1 Å². The fraction of sp³-hybridized carbons (Fsp3) is 0.188. The molecule has 0 aliphatic rings. The third-order valence-electron chi connectivity index (χ3n) is 3.13. The zero-order valence-electron chi connectivity index (χ0n) is 11.5. The third kappa shape index (κ3) is 2.80. The summed E-state index contributed by atoms with van der Waals surface area (Å²) < 4.78 is 5.22. The Morgan fingerprint density at radius 1 is 1.20 bits per heavy atom. The molecule has 0 aliphatic heterocycles. The van der Waals surface area contributed by atoms with Crippen LogP contribution in [0.25, 0.3) is 11.0 Å². The van der Waals surface area contributed by atoms with Gasteiger partial charge in [0.2, 0.25) is 0 Å². The van der Waals surface area contributed by atoms with Gasteiger partial charge in [-0.1, -0.05) is 41.6 Å². The summed E-state index contributed by atoms with van der Waals surface area (Å²) in [5, 5.41) is 0.940. The topological polar surface area (TPSA) is 37.9 Å².